The lowest BCUT2D eigenvalue weighted by atomic mass is 10.2. The molecule has 1 fully saturated rings. The van der Waals surface area contributed by atoms with E-state index in [1.807, 2.05) is 12.1 Å². The number of nitrogens with zero attached hydrogens (tertiary/aromatic N) is 4. The summed E-state index contributed by atoms with van der Waals surface area (Å²) in [6.45, 7) is 4.07. The number of hydrogen-bond donors (Lipinski definition) is 1. The molecule has 0 unspecified atom stereocenters. The molecule has 134 valence electrons. The molecule has 1 N–H and O–H groups in total. The summed E-state index contributed by atoms with van der Waals surface area (Å²) in [7, 11) is 0. The summed E-state index contributed by atoms with van der Waals surface area (Å²) in [5, 5.41) is 6.92. The van der Waals surface area contributed by atoms with Gasteiger partial charge >= 0.3 is 0 Å². The average Bonchev–Trinajstić information content (AvgIpc) is 3.28. The van der Waals surface area contributed by atoms with E-state index in [2.05, 4.69) is 32.3 Å². The molecule has 0 radical (unpaired) electrons. The van der Waals surface area contributed by atoms with Gasteiger partial charge in [-0.25, -0.2) is 4.98 Å². The number of carbonyl (C=O) groups excluding carboxylic acids is 1. The molecule has 7 heteroatoms. The minimum absolute atomic E-state index is 0.0123. The Bertz CT molecular complexity index is 694. The minimum Gasteiger partial charge on any atom is -0.355 e. The molecule has 0 aromatic carbocycles. The molecule has 1 amide bonds. The fraction of sp³-hybridized carbons (Fsp3) is 0.556. The Morgan fingerprint density at radius 2 is 2.16 bits per heavy atom. The Labute approximate surface area is 147 Å². The van der Waals surface area contributed by atoms with E-state index in [1.54, 1.807) is 6.20 Å². The number of hydrogen-bond acceptors (Lipinski definition) is 6. The Kier molecular flexibility index (Phi) is 5.98. The maximum absolute atomic E-state index is 12.3. The van der Waals surface area contributed by atoms with E-state index >= 15 is 0 Å². The number of anilines is 2. The highest BCUT2D eigenvalue weighted by Gasteiger charge is 2.18. The van der Waals surface area contributed by atoms with E-state index in [-0.39, 0.29) is 5.91 Å². The molecule has 7 nitrogen and oxygen atoms in total. The van der Waals surface area contributed by atoms with Crippen molar-refractivity contribution in [2.45, 2.75) is 51.9 Å². The van der Waals surface area contributed by atoms with Crippen LogP contribution in [0.2, 0.25) is 0 Å². The second-order valence-corrected chi connectivity index (χ2v) is 6.32. The van der Waals surface area contributed by atoms with Crippen LogP contribution in [0, 0.1) is 0 Å². The summed E-state index contributed by atoms with van der Waals surface area (Å²) in [5.74, 6) is 2.21. The molecule has 0 bridgehead atoms. The van der Waals surface area contributed by atoms with Crippen molar-refractivity contribution in [3.63, 3.8) is 0 Å². The van der Waals surface area contributed by atoms with Crippen LogP contribution in [0.3, 0.4) is 0 Å². The number of amides is 1. The van der Waals surface area contributed by atoms with Crippen molar-refractivity contribution in [1.29, 1.82) is 0 Å². The third kappa shape index (κ3) is 4.78. The van der Waals surface area contributed by atoms with Crippen LogP contribution in [0.4, 0.5) is 11.5 Å². The molecule has 0 aliphatic carbocycles. The summed E-state index contributed by atoms with van der Waals surface area (Å²) in [5.41, 5.74) is 0.789. The first kappa shape index (κ1) is 17.4. The van der Waals surface area contributed by atoms with E-state index in [1.165, 1.54) is 12.8 Å². The lowest BCUT2D eigenvalue weighted by Crippen LogP contribution is -2.22. The van der Waals surface area contributed by atoms with Crippen molar-refractivity contribution in [3.8, 4) is 0 Å². The second kappa shape index (κ2) is 8.60. The fourth-order valence-corrected chi connectivity index (χ4v) is 3.01. The zero-order valence-corrected chi connectivity index (χ0v) is 14.7. The van der Waals surface area contributed by atoms with Crippen molar-refractivity contribution in [3.05, 3.63) is 30.0 Å². The summed E-state index contributed by atoms with van der Waals surface area (Å²) in [6.07, 6.45) is 7.65. The van der Waals surface area contributed by atoms with Crippen LogP contribution >= 0.6 is 0 Å². The standard InChI is InChI=1S/C18H25N5O2/c1-2-7-15-21-17(25-22-15)10-5-9-16(24)20-14-8-6-11-19-18(14)23-12-3-4-13-23/h6,8,11H,2-5,7,9-10,12-13H2,1H3,(H,20,24). The van der Waals surface area contributed by atoms with Crippen molar-refractivity contribution in [2.75, 3.05) is 23.3 Å². The van der Waals surface area contributed by atoms with Gasteiger partial charge in [0.25, 0.3) is 0 Å². The molecule has 1 saturated heterocycles. The third-order valence-corrected chi connectivity index (χ3v) is 4.24. The second-order valence-electron chi connectivity index (χ2n) is 6.32. The summed E-state index contributed by atoms with van der Waals surface area (Å²) in [6, 6.07) is 3.76. The normalized spacial score (nSPS) is 14.0. The molecule has 25 heavy (non-hydrogen) atoms. The van der Waals surface area contributed by atoms with Gasteiger partial charge < -0.3 is 14.7 Å². The monoisotopic (exact) mass is 343 g/mol. The zero-order chi connectivity index (χ0) is 17.5. The van der Waals surface area contributed by atoms with E-state index in [0.717, 1.165) is 43.3 Å². The Balaban J connectivity index is 1.49. The predicted octanol–water partition coefficient (Wildman–Crippen LogP) is 2.98. The molecule has 1 aliphatic heterocycles. The third-order valence-electron chi connectivity index (χ3n) is 4.24. The van der Waals surface area contributed by atoms with Gasteiger partial charge in [-0.1, -0.05) is 12.1 Å². The van der Waals surface area contributed by atoms with Gasteiger partial charge in [0, 0.05) is 38.5 Å². The SMILES string of the molecule is CCCc1noc(CCCC(=O)Nc2cccnc2N2CCCC2)n1. The molecule has 3 heterocycles. The number of aryl methyl sites for hydroxylation is 2. The van der Waals surface area contributed by atoms with Crippen molar-refractivity contribution in [2.24, 2.45) is 0 Å². The largest absolute Gasteiger partial charge is 0.355 e. The lowest BCUT2D eigenvalue weighted by Gasteiger charge is -2.19. The topological polar surface area (TPSA) is 84.2 Å². The van der Waals surface area contributed by atoms with Crippen molar-refractivity contribution >= 4 is 17.4 Å². The highest BCUT2D eigenvalue weighted by molar-refractivity contribution is 5.93. The number of pyridine rings is 1. The Hall–Kier alpha value is -2.44. The van der Waals surface area contributed by atoms with E-state index in [4.69, 9.17) is 4.52 Å². The van der Waals surface area contributed by atoms with Gasteiger partial charge in [-0.3, -0.25) is 4.79 Å². The smallest absolute Gasteiger partial charge is 0.226 e. The minimum atomic E-state index is -0.0123. The van der Waals surface area contributed by atoms with E-state index in [9.17, 15) is 4.79 Å². The van der Waals surface area contributed by atoms with Crippen LogP contribution in [-0.2, 0) is 17.6 Å². The highest BCUT2D eigenvalue weighted by atomic mass is 16.5. The van der Waals surface area contributed by atoms with Gasteiger partial charge in [0.15, 0.2) is 11.6 Å². The zero-order valence-electron chi connectivity index (χ0n) is 14.7. The number of rotatable bonds is 8. The summed E-state index contributed by atoms with van der Waals surface area (Å²) < 4.78 is 5.19. The fourth-order valence-electron chi connectivity index (χ4n) is 3.01. The molecular formula is C18H25N5O2. The van der Waals surface area contributed by atoms with Crippen LogP contribution in [0.25, 0.3) is 0 Å². The quantitative estimate of drug-likeness (QED) is 0.793. The number of nitrogens with one attached hydrogen (secondary N) is 1. The Morgan fingerprint density at radius 1 is 1.32 bits per heavy atom. The van der Waals surface area contributed by atoms with Gasteiger partial charge in [0.1, 0.15) is 0 Å². The summed E-state index contributed by atoms with van der Waals surface area (Å²) in [4.78, 5) is 23.2. The first-order chi connectivity index (χ1) is 12.3. The molecule has 0 atom stereocenters. The first-order valence-corrected chi connectivity index (χ1v) is 9.07. The maximum atomic E-state index is 12.3. The number of carbonyl (C=O) groups is 1. The van der Waals surface area contributed by atoms with Gasteiger partial charge in [-0.15, -0.1) is 0 Å². The molecular weight excluding hydrogens is 318 g/mol. The molecule has 2 aromatic heterocycles. The average molecular weight is 343 g/mol. The van der Waals surface area contributed by atoms with Crippen LogP contribution in [-0.4, -0.2) is 34.1 Å². The Morgan fingerprint density at radius 3 is 2.96 bits per heavy atom. The number of aromatic nitrogens is 3. The van der Waals surface area contributed by atoms with Crippen molar-refractivity contribution < 1.29 is 9.32 Å². The predicted molar refractivity (Wildman–Crippen MR) is 95.5 cm³/mol. The van der Waals surface area contributed by atoms with Gasteiger partial charge in [-0.2, -0.15) is 4.98 Å². The van der Waals surface area contributed by atoms with E-state index in [0.29, 0.717) is 25.2 Å². The molecule has 2 aromatic rings. The van der Waals surface area contributed by atoms with E-state index < -0.39 is 0 Å². The highest BCUT2D eigenvalue weighted by Crippen LogP contribution is 2.26. The molecule has 0 spiro atoms. The lowest BCUT2D eigenvalue weighted by molar-refractivity contribution is -0.116. The van der Waals surface area contributed by atoms with Crippen LogP contribution in [0.15, 0.2) is 22.9 Å². The van der Waals surface area contributed by atoms with Gasteiger partial charge in [-0.05, 0) is 37.8 Å². The van der Waals surface area contributed by atoms with Gasteiger partial charge in [0.2, 0.25) is 11.8 Å². The molecule has 1 aliphatic rings. The van der Waals surface area contributed by atoms with Crippen molar-refractivity contribution in [1.82, 2.24) is 15.1 Å². The summed E-state index contributed by atoms with van der Waals surface area (Å²) >= 11 is 0. The van der Waals surface area contributed by atoms with Crippen LogP contribution in [0.5, 0.6) is 0 Å². The maximum Gasteiger partial charge on any atom is 0.226 e. The van der Waals surface area contributed by atoms with Gasteiger partial charge in [0.05, 0.1) is 5.69 Å². The van der Waals surface area contributed by atoms with Crippen LogP contribution in [0.1, 0.15) is 50.7 Å². The first-order valence-electron chi connectivity index (χ1n) is 9.07. The molecule has 0 saturated carbocycles. The van der Waals surface area contributed by atoms with Crippen LogP contribution < -0.4 is 10.2 Å². The molecule has 3 rings (SSSR count).